The molecule has 142 valence electrons. The second kappa shape index (κ2) is 21.5. The van der Waals surface area contributed by atoms with E-state index in [0.29, 0.717) is 6.42 Å². The SMILES string of the molecule is CCCCCCCCCCCCOS(=O)(=O)O.O=P(O)(O)O.[Ca+2].[H-].[H-].[H-].[Na+]. The van der Waals surface area contributed by atoms with Gasteiger partial charge in [-0.05, 0) is 6.42 Å². The van der Waals surface area contributed by atoms with Crippen molar-refractivity contribution >= 4 is 56.0 Å². The van der Waals surface area contributed by atoms with Crippen LogP contribution in [0.3, 0.4) is 0 Å². The van der Waals surface area contributed by atoms with Gasteiger partial charge in [-0.3, -0.25) is 4.55 Å². The number of hydrogen-bond donors (Lipinski definition) is 4. The molecule has 0 heterocycles. The summed E-state index contributed by atoms with van der Waals surface area (Å²) in [5.74, 6) is 0. The quantitative estimate of drug-likeness (QED) is 0.144. The van der Waals surface area contributed by atoms with Gasteiger partial charge in [0, 0.05) is 0 Å². The van der Waals surface area contributed by atoms with Crippen molar-refractivity contribution in [3.8, 4) is 0 Å². The van der Waals surface area contributed by atoms with Gasteiger partial charge in [0.1, 0.15) is 0 Å². The van der Waals surface area contributed by atoms with Gasteiger partial charge in [-0.1, -0.05) is 64.7 Å². The van der Waals surface area contributed by atoms with Gasteiger partial charge >= 0.3 is 85.5 Å². The van der Waals surface area contributed by atoms with Crippen molar-refractivity contribution in [2.24, 2.45) is 0 Å². The predicted molar refractivity (Wildman–Crippen MR) is 92.7 cm³/mol. The summed E-state index contributed by atoms with van der Waals surface area (Å²) in [6.07, 6.45) is 11.9. The smallest absolute Gasteiger partial charge is 1.00 e. The van der Waals surface area contributed by atoms with Crippen LogP contribution in [0.2, 0.25) is 0 Å². The third-order valence-corrected chi connectivity index (χ3v) is 3.19. The molecule has 0 saturated carbocycles. The molecular formula is C12H32CaNaO8PS. The largest absolute Gasteiger partial charge is 2.00 e. The maximum atomic E-state index is 10.2. The normalized spacial score (nSPS) is 10.9. The van der Waals surface area contributed by atoms with Crippen LogP contribution in [0.4, 0.5) is 0 Å². The number of hydrogen-bond acceptors (Lipinski definition) is 4. The van der Waals surface area contributed by atoms with Crippen molar-refractivity contribution in [1.29, 1.82) is 0 Å². The Hall–Kier alpha value is 2.24. The van der Waals surface area contributed by atoms with Crippen LogP contribution in [0.25, 0.3) is 0 Å². The van der Waals surface area contributed by atoms with E-state index in [2.05, 4.69) is 11.1 Å². The van der Waals surface area contributed by atoms with E-state index in [-0.39, 0.29) is 78.2 Å². The monoisotopic (exact) mass is 430 g/mol. The van der Waals surface area contributed by atoms with E-state index in [4.69, 9.17) is 23.8 Å². The van der Waals surface area contributed by atoms with Gasteiger partial charge in [-0.25, -0.2) is 8.75 Å². The van der Waals surface area contributed by atoms with E-state index in [9.17, 15) is 8.42 Å². The first kappa shape index (κ1) is 33.8. The summed E-state index contributed by atoms with van der Waals surface area (Å²) in [4.78, 5) is 21.6. The molecule has 0 saturated heterocycles. The fourth-order valence-electron chi connectivity index (χ4n) is 1.75. The molecule has 0 bridgehead atoms. The zero-order valence-electron chi connectivity index (χ0n) is 17.8. The van der Waals surface area contributed by atoms with Crippen LogP contribution in [0, 0.1) is 0 Å². The predicted octanol–water partition coefficient (Wildman–Crippen LogP) is -0.241. The van der Waals surface area contributed by atoms with E-state index >= 15 is 0 Å². The maximum Gasteiger partial charge on any atom is 2.00 e. The number of rotatable bonds is 12. The van der Waals surface area contributed by atoms with Crippen LogP contribution >= 0.6 is 7.82 Å². The number of unbranched alkanes of at least 4 members (excludes halogenated alkanes) is 9. The second-order valence-corrected chi connectivity index (χ2v) is 7.06. The van der Waals surface area contributed by atoms with Crippen LogP contribution in [0.15, 0.2) is 0 Å². The van der Waals surface area contributed by atoms with Gasteiger partial charge in [-0.15, -0.1) is 0 Å². The molecule has 0 aliphatic heterocycles. The zero-order valence-corrected chi connectivity index (χ0v) is 20.7. The first-order valence-corrected chi connectivity index (χ1v) is 10.4. The summed E-state index contributed by atoms with van der Waals surface area (Å²) in [7, 11) is -8.87. The van der Waals surface area contributed by atoms with Crippen molar-refractivity contribution in [2.45, 2.75) is 71.1 Å². The van der Waals surface area contributed by atoms with E-state index in [1.165, 1.54) is 44.9 Å². The molecule has 4 N–H and O–H groups in total. The molecule has 0 radical (unpaired) electrons. The molecule has 0 aliphatic carbocycles. The molecule has 0 fully saturated rings. The molecule has 0 atom stereocenters. The minimum Gasteiger partial charge on any atom is -1.00 e. The van der Waals surface area contributed by atoms with E-state index in [0.717, 1.165) is 12.8 Å². The van der Waals surface area contributed by atoms with Gasteiger partial charge in [0.2, 0.25) is 0 Å². The molecule has 0 amide bonds. The summed E-state index contributed by atoms with van der Waals surface area (Å²) in [6, 6.07) is 0. The average Bonchev–Trinajstić information content (AvgIpc) is 2.32. The molecule has 0 aromatic heterocycles. The summed E-state index contributed by atoms with van der Waals surface area (Å²) in [6.45, 7) is 2.31. The molecule has 12 heteroatoms. The molecular weight excluding hydrogens is 398 g/mol. The molecule has 8 nitrogen and oxygen atoms in total. The molecule has 0 aliphatic rings. The topological polar surface area (TPSA) is 141 Å². The standard InChI is InChI=1S/C12H26O4S.Ca.Na.H3O4P.3H/c1-2-3-4-5-6-7-8-9-10-11-12-16-17(13,14)15;;;1-5(2,3)4;;;/h2-12H2,1H3,(H,13,14,15);;;(H3,1,2,3,4);;;/q;+2;+1;;3*-1. The zero-order chi connectivity index (χ0) is 17.5. The Bertz CT molecular complexity index is 396. The average molecular weight is 430 g/mol. The molecule has 0 unspecified atom stereocenters. The molecule has 0 aromatic carbocycles. The second-order valence-electron chi connectivity index (χ2n) is 4.94. The summed E-state index contributed by atoms with van der Waals surface area (Å²) in [5.41, 5.74) is 0. The summed E-state index contributed by atoms with van der Waals surface area (Å²) in [5, 5.41) is 0. The Kier molecular flexibility index (Phi) is 30.3. The Morgan fingerprint density at radius 1 is 0.875 bits per heavy atom. The van der Waals surface area contributed by atoms with Crippen LogP contribution in [-0.4, -0.2) is 72.0 Å². The fourth-order valence-corrected chi connectivity index (χ4v) is 2.08. The first-order chi connectivity index (χ1) is 10.1. The third kappa shape index (κ3) is 49.6. The van der Waals surface area contributed by atoms with Gasteiger partial charge < -0.3 is 19.0 Å². The van der Waals surface area contributed by atoms with Crippen LogP contribution in [-0.2, 0) is 19.1 Å². The Morgan fingerprint density at radius 3 is 1.46 bits per heavy atom. The van der Waals surface area contributed by atoms with Crippen molar-refractivity contribution < 1.29 is 70.2 Å². The van der Waals surface area contributed by atoms with Gasteiger partial charge in [0.25, 0.3) is 0 Å². The van der Waals surface area contributed by atoms with Crippen molar-refractivity contribution in [3.63, 3.8) is 0 Å². The summed E-state index contributed by atoms with van der Waals surface area (Å²) < 4.78 is 41.9. The Balaban J connectivity index is -0.0000000713. The minimum atomic E-state index is -4.64. The van der Waals surface area contributed by atoms with Gasteiger partial charge in [0.15, 0.2) is 0 Å². The van der Waals surface area contributed by atoms with Gasteiger partial charge in [-0.2, -0.15) is 8.42 Å². The van der Waals surface area contributed by atoms with E-state index in [1.54, 1.807) is 0 Å². The van der Waals surface area contributed by atoms with Crippen LogP contribution in [0.1, 0.15) is 75.4 Å². The van der Waals surface area contributed by atoms with E-state index in [1.807, 2.05) is 0 Å². The van der Waals surface area contributed by atoms with E-state index < -0.39 is 18.2 Å². The van der Waals surface area contributed by atoms with Crippen LogP contribution in [0.5, 0.6) is 0 Å². The van der Waals surface area contributed by atoms with Crippen molar-refractivity contribution in [3.05, 3.63) is 0 Å². The van der Waals surface area contributed by atoms with Crippen LogP contribution < -0.4 is 29.6 Å². The molecule has 0 spiro atoms. The Morgan fingerprint density at radius 2 is 1.17 bits per heavy atom. The molecule has 0 rings (SSSR count). The number of phosphoric acid groups is 1. The third-order valence-electron chi connectivity index (χ3n) is 2.73. The first-order valence-electron chi connectivity index (χ1n) is 7.46. The fraction of sp³-hybridized carbons (Fsp3) is 1.00. The van der Waals surface area contributed by atoms with Crippen molar-refractivity contribution in [2.75, 3.05) is 6.61 Å². The minimum absolute atomic E-state index is 0. The maximum absolute atomic E-state index is 10.2. The molecule has 0 aromatic rings. The summed E-state index contributed by atoms with van der Waals surface area (Å²) >= 11 is 0. The molecule has 24 heavy (non-hydrogen) atoms. The van der Waals surface area contributed by atoms with Gasteiger partial charge in [0.05, 0.1) is 6.61 Å². The Labute approximate surface area is 202 Å². The van der Waals surface area contributed by atoms with Crippen molar-refractivity contribution in [1.82, 2.24) is 0 Å².